The second-order valence-electron chi connectivity index (χ2n) is 5.48. The molecule has 1 amide bonds. The number of nitrogens with zero attached hydrogens (tertiary/aromatic N) is 1. The SMILES string of the molecule is C[C@@H]1CCCC[C@H]1NC(=O)CSc1ccc([N+](=O)[O-])cc1. The molecule has 114 valence electrons. The standard InChI is InChI=1S/C15H20N2O3S/c1-11-4-2-3-5-14(11)16-15(18)10-21-13-8-6-12(7-9-13)17(19)20/h6-9,11,14H,2-5,10H2,1H3,(H,16,18)/t11-,14-/m1/s1. The zero-order valence-corrected chi connectivity index (χ0v) is 12.9. The number of nitro benzene ring substituents is 1. The second-order valence-corrected chi connectivity index (χ2v) is 6.52. The van der Waals surface area contributed by atoms with Gasteiger partial charge in [0.2, 0.25) is 5.91 Å². The average Bonchev–Trinajstić information content (AvgIpc) is 2.48. The molecule has 0 aliphatic heterocycles. The van der Waals surface area contributed by atoms with Gasteiger partial charge < -0.3 is 5.32 Å². The van der Waals surface area contributed by atoms with Crippen molar-refractivity contribution in [3.8, 4) is 0 Å². The van der Waals surface area contributed by atoms with Crippen molar-refractivity contribution < 1.29 is 9.72 Å². The molecule has 0 radical (unpaired) electrons. The first-order valence-corrected chi connectivity index (χ1v) is 8.21. The number of hydrogen-bond acceptors (Lipinski definition) is 4. The molecule has 2 atom stereocenters. The number of rotatable bonds is 5. The van der Waals surface area contributed by atoms with Crippen LogP contribution in [0.1, 0.15) is 32.6 Å². The maximum absolute atomic E-state index is 12.0. The molecule has 21 heavy (non-hydrogen) atoms. The van der Waals surface area contributed by atoms with E-state index in [2.05, 4.69) is 12.2 Å². The maximum atomic E-state index is 12.0. The Hall–Kier alpha value is -1.56. The minimum atomic E-state index is -0.425. The molecule has 1 N–H and O–H groups in total. The number of thioether (sulfide) groups is 1. The monoisotopic (exact) mass is 308 g/mol. The fourth-order valence-electron chi connectivity index (χ4n) is 2.59. The summed E-state index contributed by atoms with van der Waals surface area (Å²) < 4.78 is 0. The number of carbonyl (C=O) groups excluding carboxylic acids is 1. The molecule has 0 heterocycles. The molecule has 0 bridgehead atoms. The lowest BCUT2D eigenvalue weighted by Gasteiger charge is -2.29. The number of amides is 1. The van der Waals surface area contributed by atoms with Gasteiger partial charge in [0.15, 0.2) is 0 Å². The van der Waals surface area contributed by atoms with E-state index in [4.69, 9.17) is 0 Å². The van der Waals surface area contributed by atoms with Gasteiger partial charge in [-0.2, -0.15) is 0 Å². The van der Waals surface area contributed by atoms with E-state index in [0.29, 0.717) is 17.7 Å². The van der Waals surface area contributed by atoms with E-state index in [-0.39, 0.29) is 11.6 Å². The van der Waals surface area contributed by atoms with Crippen molar-refractivity contribution in [2.75, 3.05) is 5.75 Å². The molecule has 0 saturated heterocycles. The molecule has 0 unspecified atom stereocenters. The fourth-order valence-corrected chi connectivity index (χ4v) is 3.30. The summed E-state index contributed by atoms with van der Waals surface area (Å²) in [7, 11) is 0. The quantitative estimate of drug-likeness (QED) is 0.514. The maximum Gasteiger partial charge on any atom is 0.269 e. The van der Waals surface area contributed by atoms with Gasteiger partial charge in [-0.15, -0.1) is 11.8 Å². The lowest BCUT2D eigenvalue weighted by molar-refractivity contribution is -0.384. The summed E-state index contributed by atoms with van der Waals surface area (Å²) in [6.45, 7) is 2.19. The van der Waals surface area contributed by atoms with Gasteiger partial charge in [-0.05, 0) is 30.9 Å². The van der Waals surface area contributed by atoms with Gasteiger partial charge >= 0.3 is 0 Å². The lowest BCUT2D eigenvalue weighted by atomic mass is 9.86. The normalized spacial score (nSPS) is 21.8. The zero-order chi connectivity index (χ0) is 15.2. The van der Waals surface area contributed by atoms with Crippen molar-refractivity contribution in [2.45, 2.75) is 43.5 Å². The Bertz CT molecular complexity index is 504. The smallest absolute Gasteiger partial charge is 0.269 e. The van der Waals surface area contributed by atoms with Gasteiger partial charge in [0.25, 0.3) is 5.69 Å². The predicted octanol–water partition coefficient (Wildman–Crippen LogP) is 3.38. The van der Waals surface area contributed by atoms with E-state index in [9.17, 15) is 14.9 Å². The van der Waals surface area contributed by atoms with Crippen molar-refractivity contribution in [1.29, 1.82) is 0 Å². The summed E-state index contributed by atoms with van der Waals surface area (Å²) in [5.41, 5.74) is 0.0693. The number of carbonyl (C=O) groups is 1. The van der Waals surface area contributed by atoms with Crippen LogP contribution in [0.5, 0.6) is 0 Å². The van der Waals surface area contributed by atoms with Crippen molar-refractivity contribution in [2.24, 2.45) is 5.92 Å². The topological polar surface area (TPSA) is 72.2 Å². The summed E-state index contributed by atoms with van der Waals surface area (Å²) in [6.07, 6.45) is 4.69. The molecule has 1 aliphatic carbocycles. The molecule has 0 spiro atoms. The van der Waals surface area contributed by atoms with Crippen molar-refractivity contribution in [3.63, 3.8) is 0 Å². The van der Waals surface area contributed by atoms with Crippen molar-refractivity contribution >= 4 is 23.4 Å². The van der Waals surface area contributed by atoms with Crippen LogP contribution in [0, 0.1) is 16.0 Å². The largest absolute Gasteiger partial charge is 0.352 e. The molecule has 1 aromatic carbocycles. The van der Waals surface area contributed by atoms with E-state index in [1.165, 1.54) is 43.2 Å². The first-order valence-electron chi connectivity index (χ1n) is 7.23. The zero-order valence-electron chi connectivity index (χ0n) is 12.1. The number of non-ortho nitro benzene ring substituents is 1. The first-order chi connectivity index (χ1) is 10.1. The Morgan fingerprint density at radius 2 is 2.00 bits per heavy atom. The van der Waals surface area contributed by atoms with Gasteiger partial charge in [0.05, 0.1) is 10.7 Å². The lowest BCUT2D eigenvalue weighted by Crippen LogP contribution is -2.41. The predicted molar refractivity (Wildman–Crippen MR) is 83.4 cm³/mol. The third-order valence-electron chi connectivity index (χ3n) is 3.88. The average molecular weight is 308 g/mol. The van der Waals surface area contributed by atoms with E-state index >= 15 is 0 Å². The molecule has 0 aromatic heterocycles. The van der Waals surface area contributed by atoms with E-state index in [1.807, 2.05) is 0 Å². The van der Waals surface area contributed by atoms with Gasteiger partial charge in [0.1, 0.15) is 0 Å². The van der Waals surface area contributed by atoms with Crippen LogP contribution in [0.25, 0.3) is 0 Å². The molecule has 1 aromatic rings. The third-order valence-corrected chi connectivity index (χ3v) is 4.89. The highest BCUT2D eigenvalue weighted by Gasteiger charge is 2.22. The Morgan fingerprint density at radius 1 is 1.33 bits per heavy atom. The summed E-state index contributed by atoms with van der Waals surface area (Å²) in [6, 6.07) is 6.58. The van der Waals surface area contributed by atoms with Gasteiger partial charge in [-0.1, -0.05) is 19.8 Å². The van der Waals surface area contributed by atoms with Crippen LogP contribution in [0.15, 0.2) is 29.2 Å². The molecule has 2 rings (SSSR count). The van der Waals surface area contributed by atoms with Crippen LogP contribution >= 0.6 is 11.8 Å². The number of nitro groups is 1. The summed E-state index contributed by atoms with van der Waals surface area (Å²) in [4.78, 5) is 23.0. The van der Waals surface area contributed by atoms with Crippen LogP contribution in [-0.4, -0.2) is 22.6 Å². The molecule has 1 aliphatic rings. The summed E-state index contributed by atoms with van der Waals surface area (Å²) in [5.74, 6) is 0.935. The van der Waals surface area contributed by atoms with Crippen molar-refractivity contribution in [1.82, 2.24) is 5.32 Å². The van der Waals surface area contributed by atoms with Gasteiger partial charge in [0, 0.05) is 23.1 Å². The molecule has 1 saturated carbocycles. The minimum Gasteiger partial charge on any atom is -0.352 e. The Kier molecular flexibility index (Phi) is 5.61. The fraction of sp³-hybridized carbons (Fsp3) is 0.533. The van der Waals surface area contributed by atoms with Crippen LogP contribution in [0.4, 0.5) is 5.69 Å². The summed E-state index contributed by atoms with van der Waals surface area (Å²) in [5, 5.41) is 13.7. The van der Waals surface area contributed by atoms with E-state index < -0.39 is 4.92 Å². The number of nitrogens with one attached hydrogen (secondary N) is 1. The number of hydrogen-bond donors (Lipinski definition) is 1. The Labute approximate surface area is 128 Å². The highest BCUT2D eigenvalue weighted by Crippen LogP contribution is 2.24. The van der Waals surface area contributed by atoms with E-state index in [1.54, 1.807) is 12.1 Å². The molecule has 5 nitrogen and oxygen atoms in total. The molecule has 6 heteroatoms. The molecule has 1 fully saturated rings. The Morgan fingerprint density at radius 3 is 2.62 bits per heavy atom. The van der Waals surface area contributed by atoms with Crippen molar-refractivity contribution in [3.05, 3.63) is 34.4 Å². The van der Waals surface area contributed by atoms with Crippen LogP contribution in [-0.2, 0) is 4.79 Å². The highest BCUT2D eigenvalue weighted by atomic mass is 32.2. The first kappa shape index (κ1) is 15.8. The third kappa shape index (κ3) is 4.74. The molecular formula is C15H20N2O3S. The minimum absolute atomic E-state index is 0.0390. The highest BCUT2D eigenvalue weighted by molar-refractivity contribution is 8.00. The molecular weight excluding hydrogens is 288 g/mol. The summed E-state index contributed by atoms with van der Waals surface area (Å²) >= 11 is 1.40. The van der Waals surface area contributed by atoms with Gasteiger partial charge in [-0.3, -0.25) is 14.9 Å². The number of benzene rings is 1. The van der Waals surface area contributed by atoms with Crippen LogP contribution in [0.3, 0.4) is 0 Å². The second kappa shape index (κ2) is 7.45. The van der Waals surface area contributed by atoms with Crippen LogP contribution in [0.2, 0.25) is 0 Å². The van der Waals surface area contributed by atoms with Gasteiger partial charge in [-0.25, -0.2) is 0 Å². The Balaban J connectivity index is 1.79. The van der Waals surface area contributed by atoms with Crippen LogP contribution < -0.4 is 5.32 Å². The van der Waals surface area contributed by atoms with E-state index in [0.717, 1.165) is 11.3 Å².